The number of hydrogen-bond acceptors (Lipinski definition) is 3. The molecule has 1 aromatic heterocycles. The minimum atomic E-state index is -0.924. The lowest BCUT2D eigenvalue weighted by Gasteiger charge is -2.36. The average molecular weight is 267 g/mol. The Labute approximate surface area is 112 Å². The Morgan fingerprint density at radius 2 is 2.16 bits per heavy atom. The second kappa shape index (κ2) is 4.85. The van der Waals surface area contributed by atoms with Crippen molar-refractivity contribution < 1.29 is 15.0 Å². The zero-order valence-electron chi connectivity index (χ0n) is 11.6. The summed E-state index contributed by atoms with van der Waals surface area (Å²) in [6.45, 7) is 5.79. The first-order chi connectivity index (χ1) is 8.79. The van der Waals surface area contributed by atoms with Crippen LogP contribution in [0.4, 0.5) is 4.79 Å². The summed E-state index contributed by atoms with van der Waals surface area (Å²) in [5.41, 5.74) is -0.180. The predicted octanol–water partition coefficient (Wildman–Crippen LogP) is 1.81. The van der Waals surface area contributed by atoms with Crippen molar-refractivity contribution in [2.45, 2.75) is 51.3 Å². The zero-order chi connectivity index (χ0) is 14.2. The molecule has 0 aromatic carbocycles. The van der Waals surface area contributed by atoms with Crippen LogP contribution in [0.25, 0.3) is 0 Å². The van der Waals surface area contributed by atoms with Crippen LogP contribution < -0.4 is 0 Å². The second-order valence-electron chi connectivity index (χ2n) is 5.78. The van der Waals surface area contributed by atoms with Crippen molar-refractivity contribution in [2.75, 3.05) is 6.54 Å². The molecule has 6 nitrogen and oxygen atoms in total. The van der Waals surface area contributed by atoms with Gasteiger partial charge in [0.25, 0.3) is 0 Å². The number of amides is 1. The van der Waals surface area contributed by atoms with Gasteiger partial charge in [-0.25, -0.2) is 4.79 Å². The Bertz CT molecular complexity index is 464. The van der Waals surface area contributed by atoms with Crippen molar-refractivity contribution in [3.8, 4) is 0 Å². The standard InChI is InChI=1S/C13H21N3O3/c1-9-4-5-11(8-15(9)12(17)18)16-7-10(6-14-16)13(2,3)19/h6-7,9,11,19H,4-5,8H2,1-3H3,(H,17,18). The number of likely N-dealkylation sites (tertiary alicyclic amines) is 1. The van der Waals surface area contributed by atoms with E-state index < -0.39 is 11.7 Å². The molecule has 106 valence electrons. The van der Waals surface area contributed by atoms with Crippen LogP contribution in [0.1, 0.15) is 45.2 Å². The van der Waals surface area contributed by atoms with Crippen molar-refractivity contribution in [2.24, 2.45) is 0 Å². The first-order valence-electron chi connectivity index (χ1n) is 6.55. The maximum Gasteiger partial charge on any atom is 0.407 e. The molecule has 1 amide bonds. The lowest BCUT2D eigenvalue weighted by atomic mass is 9.99. The van der Waals surface area contributed by atoms with Crippen LogP contribution in [0.2, 0.25) is 0 Å². The molecule has 2 rings (SSSR count). The van der Waals surface area contributed by atoms with Gasteiger partial charge in [-0.1, -0.05) is 0 Å². The molecule has 1 saturated heterocycles. The number of aliphatic hydroxyl groups is 1. The zero-order valence-corrected chi connectivity index (χ0v) is 11.6. The normalized spacial score (nSPS) is 24.5. The summed E-state index contributed by atoms with van der Waals surface area (Å²) < 4.78 is 1.77. The number of piperidine rings is 1. The van der Waals surface area contributed by atoms with Crippen molar-refractivity contribution in [1.29, 1.82) is 0 Å². The third-order valence-corrected chi connectivity index (χ3v) is 3.78. The van der Waals surface area contributed by atoms with Gasteiger partial charge in [0.1, 0.15) is 0 Å². The number of carbonyl (C=O) groups is 1. The van der Waals surface area contributed by atoms with E-state index in [2.05, 4.69) is 5.10 Å². The van der Waals surface area contributed by atoms with E-state index in [0.29, 0.717) is 6.54 Å². The van der Waals surface area contributed by atoms with E-state index in [4.69, 9.17) is 5.11 Å². The molecular weight excluding hydrogens is 246 g/mol. The van der Waals surface area contributed by atoms with Gasteiger partial charge in [-0.15, -0.1) is 0 Å². The third kappa shape index (κ3) is 2.89. The average Bonchev–Trinajstić information content (AvgIpc) is 2.78. The smallest absolute Gasteiger partial charge is 0.407 e. The quantitative estimate of drug-likeness (QED) is 0.856. The topological polar surface area (TPSA) is 78.6 Å². The Morgan fingerprint density at radius 3 is 2.68 bits per heavy atom. The summed E-state index contributed by atoms with van der Waals surface area (Å²) in [4.78, 5) is 12.6. The van der Waals surface area contributed by atoms with Crippen molar-refractivity contribution in [3.05, 3.63) is 18.0 Å². The molecule has 2 atom stereocenters. The molecule has 6 heteroatoms. The van der Waals surface area contributed by atoms with Gasteiger partial charge in [0.15, 0.2) is 0 Å². The van der Waals surface area contributed by atoms with Crippen LogP contribution in [0, 0.1) is 0 Å². The Balaban J connectivity index is 2.14. The van der Waals surface area contributed by atoms with E-state index in [1.807, 2.05) is 6.92 Å². The van der Waals surface area contributed by atoms with E-state index in [0.717, 1.165) is 18.4 Å². The number of nitrogens with zero attached hydrogens (tertiary/aromatic N) is 3. The highest BCUT2D eigenvalue weighted by Gasteiger charge is 2.30. The fourth-order valence-corrected chi connectivity index (χ4v) is 2.42. The van der Waals surface area contributed by atoms with Gasteiger partial charge in [-0.05, 0) is 33.6 Å². The van der Waals surface area contributed by atoms with Crippen LogP contribution in [-0.2, 0) is 5.60 Å². The highest BCUT2D eigenvalue weighted by atomic mass is 16.4. The number of hydrogen-bond donors (Lipinski definition) is 2. The summed E-state index contributed by atoms with van der Waals surface area (Å²) in [5, 5.41) is 23.4. The Hall–Kier alpha value is -1.56. The number of aromatic nitrogens is 2. The van der Waals surface area contributed by atoms with Crippen LogP contribution in [0.3, 0.4) is 0 Å². The van der Waals surface area contributed by atoms with E-state index in [1.54, 1.807) is 30.9 Å². The van der Waals surface area contributed by atoms with Crippen LogP contribution >= 0.6 is 0 Å². The molecule has 1 aromatic rings. The SMILES string of the molecule is CC1CCC(n2cc(C(C)(C)O)cn2)CN1C(=O)O. The molecule has 1 aliphatic rings. The Kier molecular flexibility index (Phi) is 3.54. The fourth-order valence-electron chi connectivity index (χ4n) is 2.42. The Morgan fingerprint density at radius 1 is 1.47 bits per heavy atom. The van der Waals surface area contributed by atoms with Gasteiger partial charge >= 0.3 is 6.09 Å². The molecule has 1 aliphatic heterocycles. The van der Waals surface area contributed by atoms with Crippen LogP contribution in [0.15, 0.2) is 12.4 Å². The van der Waals surface area contributed by atoms with Crippen molar-refractivity contribution in [3.63, 3.8) is 0 Å². The first kappa shape index (κ1) is 13.9. The lowest BCUT2D eigenvalue weighted by Crippen LogP contribution is -2.45. The molecule has 0 spiro atoms. The number of rotatable bonds is 2. The minimum Gasteiger partial charge on any atom is -0.465 e. The maximum atomic E-state index is 11.2. The molecule has 0 radical (unpaired) electrons. The van der Waals surface area contributed by atoms with Gasteiger partial charge in [0.05, 0.1) is 17.8 Å². The second-order valence-corrected chi connectivity index (χ2v) is 5.78. The van der Waals surface area contributed by atoms with Gasteiger partial charge in [0.2, 0.25) is 0 Å². The maximum absolute atomic E-state index is 11.2. The summed E-state index contributed by atoms with van der Waals surface area (Å²) in [5.74, 6) is 0. The van der Waals surface area contributed by atoms with Crippen molar-refractivity contribution in [1.82, 2.24) is 14.7 Å². The summed E-state index contributed by atoms with van der Waals surface area (Å²) in [6.07, 6.45) is 4.29. The van der Waals surface area contributed by atoms with Gasteiger partial charge in [-0.2, -0.15) is 5.10 Å². The third-order valence-electron chi connectivity index (χ3n) is 3.78. The molecule has 19 heavy (non-hydrogen) atoms. The summed E-state index contributed by atoms with van der Waals surface area (Å²) in [7, 11) is 0. The molecule has 0 bridgehead atoms. The monoisotopic (exact) mass is 267 g/mol. The fraction of sp³-hybridized carbons (Fsp3) is 0.692. The largest absolute Gasteiger partial charge is 0.465 e. The van der Waals surface area contributed by atoms with E-state index in [-0.39, 0.29) is 12.1 Å². The van der Waals surface area contributed by atoms with Crippen LogP contribution in [0.5, 0.6) is 0 Å². The molecule has 2 heterocycles. The highest BCUT2D eigenvalue weighted by molar-refractivity contribution is 5.65. The molecule has 2 N–H and O–H groups in total. The summed E-state index contributed by atoms with van der Waals surface area (Å²) >= 11 is 0. The lowest BCUT2D eigenvalue weighted by molar-refractivity contribution is 0.0775. The highest BCUT2D eigenvalue weighted by Crippen LogP contribution is 2.27. The molecule has 1 fully saturated rings. The van der Waals surface area contributed by atoms with E-state index in [9.17, 15) is 9.90 Å². The van der Waals surface area contributed by atoms with Gasteiger partial charge in [-0.3, -0.25) is 4.68 Å². The van der Waals surface area contributed by atoms with Crippen molar-refractivity contribution >= 4 is 6.09 Å². The van der Waals surface area contributed by atoms with Crippen LogP contribution in [-0.4, -0.2) is 43.6 Å². The molecule has 0 saturated carbocycles. The minimum absolute atomic E-state index is 0.0448. The molecule has 0 aliphatic carbocycles. The molecule has 2 unspecified atom stereocenters. The summed E-state index contributed by atoms with van der Waals surface area (Å²) in [6, 6.07) is 0.0986. The number of carboxylic acid groups (broad SMARTS) is 1. The van der Waals surface area contributed by atoms with Gasteiger partial charge in [0, 0.05) is 24.3 Å². The predicted molar refractivity (Wildman–Crippen MR) is 69.9 cm³/mol. The first-order valence-corrected chi connectivity index (χ1v) is 6.55. The van der Waals surface area contributed by atoms with E-state index >= 15 is 0 Å². The molecular formula is C13H21N3O3. The van der Waals surface area contributed by atoms with E-state index in [1.165, 1.54) is 4.90 Å². The van der Waals surface area contributed by atoms with Gasteiger partial charge < -0.3 is 15.1 Å².